The molecule has 0 spiro atoms. The van der Waals surface area contributed by atoms with Crippen LogP contribution in [0.1, 0.15) is 31.2 Å². The highest BCUT2D eigenvalue weighted by Crippen LogP contribution is 2.26. The Hall–Kier alpha value is -1.49. The zero-order valence-electron chi connectivity index (χ0n) is 11.4. The number of hydrogen-bond donors (Lipinski definition) is 2. The molecule has 0 bridgehead atoms. The van der Waals surface area contributed by atoms with Gasteiger partial charge in [0.1, 0.15) is 11.6 Å². The fourth-order valence-electron chi connectivity index (χ4n) is 2.73. The molecule has 0 heterocycles. The first-order chi connectivity index (χ1) is 9.54. The van der Waals surface area contributed by atoms with E-state index in [0.717, 1.165) is 25.3 Å². The number of amides is 1. The van der Waals surface area contributed by atoms with Gasteiger partial charge in [0.05, 0.1) is 0 Å². The summed E-state index contributed by atoms with van der Waals surface area (Å²) in [5.74, 6) is -0.961. The van der Waals surface area contributed by atoms with Crippen LogP contribution in [-0.4, -0.2) is 18.5 Å². The van der Waals surface area contributed by atoms with Crippen LogP contribution in [0.3, 0.4) is 0 Å². The van der Waals surface area contributed by atoms with Crippen LogP contribution >= 0.6 is 0 Å². The van der Waals surface area contributed by atoms with Crippen molar-refractivity contribution in [3.05, 3.63) is 35.4 Å². The molecule has 1 fully saturated rings. The molecule has 20 heavy (non-hydrogen) atoms. The molecule has 0 aromatic heterocycles. The van der Waals surface area contributed by atoms with Crippen molar-refractivity contribution in [2.75, 3.05) is 6.54 Å². The van der Waals surface area contributed by atoms with Gasteiger partial charge in [0.15, 0.2) is 0 Å². The molecule has 1 aromatic carbocycles. The molecular weight excluding hydrogens is 262 g/mol. The minimum Gasteiger partial charge on any atom is -0.356 e. The van der Waals surface area contributed by atoms with Crippen molar-refractivity contribution in [1.82, 2.24) is 5.32 Å². The number of carbonyl (C=O) groups is 1. The van der Waals surface area contributed by atoms with Crippen molar-refractivity contribution < 1.29 is 13.6 Å². The quantitative estimate of drug-likeness (QED) is 0.869. The standard InChI is InChI=1S/C15H20F2N2O/c16-12-6-10(7-13(17)9-12)4-5-19-15(20)8-11-2-1-3-14(11)18/h6-7,9,11,14H,1-5,8,18H2,(H,19,20)/t11-,14+/m0/s1. The lowest BCUT2D eigenvalue weighted by atomic mass is 10.00. The molecule has 110 valence electrons. The summed E-state index contributed by atoms with van der Waals surface area (Å²) in [6.45, 7) is 0.379. The molecule has 1 aliphatic carbocycles. The van der Waals surface area contributed by atoms with E-state index in [9.17, 15) is 13.6 Å². The summed E-state index contributed by atoms with van der Waals surface area (Å²) in [5, 5.41) is 2.78. The van der Waals surface area contributed by atoms with Crippen LogP contribution in [0.2, 0.25) is 0 Å². The summed E-state index contributed by atoms with van der Waals surface area (Å²) in [6.07, 6.45) is 3.93. The van der Waals surface area contributed by atoms with E-state index in [4.69, 9.17) is 5.73 Å². The molecule has 0 saturated heterocycles. The van der Waals surface area contributed by atoms with E-state index < -0.39 is 11.6 Å². The first-order valence-corrected chi connectivity index (χ1v) is 7.02. The van der Waals surface area contributed by atoms with Crippen LogP contribution < -0.4 is 11.1 Å². The summed E-state index contributed by atoms with van der Waals surface area (Å²) in [4.78, 5) is 11.8. The van der Waals surface area contributed by atoms with E-state index in [1.54, 1.807) is 0 Å². The van der Waals surface area contributed by atoms with Crippen molar-refractivity contribution >= 4 is 5.91 Å². The number of rotatable bonds is 5. The van der Waals surface area contributed by atoms with E-state index in [-0.39, 0.29) is 17.9 Å². The highest BCUT2D eigenvalue weighted by Gasteiger charge is 2.25. The zero-order chi connectivity index (χ0) is 14.5. The first kappa shape index (κ1) is 14.9. The van der Waals surface area contributed by atoms with Gasteiger partial charge in [-0.1, -0.05) is 6.42 Å². The highest BCUT2D eigenvalue weighted by atomic mass is 19.1. The Kier molecular flexibility index (Phi) is 5.06. The maximum atomic E-state index is 13.0. The Morgan fingerprint density at radius 3 is 2.55 bits per heavy atom. The van der Waals surface area contributed by atoms with Gasteiger partial charge in [0, 0.05) is 25.1 Å². The molecule has 1 aromatic rings. The minimum atomic E-state index is -0.594. The number of nitrogens with one attached hydrogen (secondary N) is 1. The average molecular weight is 282 g/mol. The van der Waals surface area contributed by atoms with Crippen LogP contribution in [0.4, 0.5) is 8.78 Å². The second-order valence-electron chi connectivity index (χ2n) is 5.44. The van der Waals surface area contributed by atoms with Gasteiger partial charge >= 0.3 is 0 Å². The lowest BCUT2D eigenvalue weighted by Crippen LogP contribution is -2.32. The van der Waals surface area contributed by atoms with Crippen LogP contribution in [0.15, 0.2) is 18.2 Å². The Bertz CT molecular complexity index is 459. The predicted octanol–water partition coefficient (Wildman–Crippen LogP) is 2.14. The molecule has 2 rings (SSSR count). The smallest absolute Gasteiger partial charge is 0.220 e. The third-order valence-corrected chi connectivity index (χ3v) is 3.82. The normalized spacial score (nSPS) is 21.9. The van der Waals surface area contributed by atoms with Crippen molar-refractivity contribution in [2.45, 2.75) is 38.1 Å². The number of carbonyl (C=O) groups excluding carboxylic acids is 1. The average Bonchev–Trinajstić information content (AvgIpc) is 2.73. The van der Waals surface area contributed by atoms with Gasteiger partial charge < -0.3 is 11.1 Å². The van der Waals surface area contributed by atoms with E-state index in [1.165, 1.54) is 12.1 Å². The van der Waals surface area contributed by atoms with Gasteiger partial charge in [-0.15, -0.1) is 0 Å². The van der Waals surface area contributed by atoms with Gasteiger partial charge in [-0.05, 0) is 42.9 Å². The van der Waals surface area contributed by atoms with Crippen LogP contribution in [0, 0.1) is 17.6 Å². The monoisotopic (exact) mass is 282 g/mol. The molecule has 2 atom stereocenters. The van der Waals surface area contributed by atoms with Crippen molar-refractivity contribution in [1.29, 1.82) is 0 Å². The third kappa shape index (κ3) is 4.27. The topological polar surface area (TPSA) is 55.1 Å². The van der Waals surface area contributed by atoms with Gasteiger partial charge in [-0.25, -0.2) is 8.78 Å². The lowest BCUT2D eigenvalue weighted by Gasteiger charge is -2.14. The molecule has 1 amide bonds. The summed E-state index contributed by atoms with van der Waals surface area (Å²) < 4.78 is 26.0. The minimum absolute atomic E-state index is 0.0378. The molecular formula is C15H20F2N2O. The van der Waals surface area contributed by atoms with Gasteiger partial charge in [0.2, 0.25) is 5.91 Å². The summed E-state index contributed by atoms with van der Waals surface area (Å²) in [5.41, 5.74) is 6.46. The van der Waals surface area contributed by atoms with Crippen LogP contribution in [0.25, 0.3) is 0 Å². The van der Waals surface area contributed by atoms with Crippen molar-refractivity contribution in [3.63, 3.8) is 0 Å². The van der Waals surface area contributed by atoms with Crippen LogP contribution in [-0.2, 0) is 11.2 Å². The van der Waals surface area contributed by atoms with E-state index in [0.29, 0.717) is 24.9 Å². The lowest BCUT2D eigenvalue weighted by molar-refractivity contribution is -0.122. The molecule has 0 aliphatic heterocycles. The second-order valence-corrected chi connectivity index (χ2v) is 5.44. The Morgan fingerprint density at radius 1 is 1.25 bits per heavy atom. The van der Waals surface area contributed by atoms with Crippen molar-refractivity contribution in [2.24, 2.45) is 11.7 Å². The van der Waals surface area contributed by atoms with Crippen molar-refractivity contribution in [3.8, 4) is 0 Å². The number of hydrogen-bond acceptors (Lipinski definition) is 2. The predicted molar refractivity (Wildman–Crippen MR) is 73.0 cm³/mol. The molecule has 3 N–H and O–H groups in total. The molecule has 1 aliphatic rings. The van der Waals surface area contributed by atoms with Crippen LogP contribution in [0.5, 0.6) is 0 Å². The van der Waals surface area contributed by atoms with Gasteiger partial charge in [0.25, 0.3) is 0 Å². The van der Waals surface area contributed by atoms with E-state index >= 15 is 0 Å². The Morgan fingerprint density at radius 2 is 1.95 bits per heavy atom. The number of halogens is 2. The maximum Gasteiger partial charge on any atom is 0.220 e. The summed E-state index contributed by atoms with van der Waals surface area (Å²) in [7, 11) is 0. The SMILES string of the molecule is N[C@@H]1CCC[C@H]1CC(=O)NCCc1cc(F)cc(F)c1. The fourth-order valence-corrected chi connectivity index (χ4v) is 2.73. The first-order valence-electron chi connectivity index (χ1n) is 7.02. The summed E-state index contributed by atoms with van der Waals surface area (Å²) >= 11 is 0. The van der Waals surface area contributed by atoms with Gasteiger partial charge in [-0.2, -0.15) is 0 Å². The maximum absolute atomic E-state index is 13.0. The largest absolute Gasteiger partial charge is 0.356 e. The zero-order valence-corrected chi connectivity index (χ0v) is 11.4. The Labute approximate surface area is 117 Å². The molecule has 0 radical (unpaired) electrons. The second kappa shape index (κ2) is 6.79. The molecule has 3 nitrogen and oxygen atoms in total. The Balaban J connectivity index is 1.73. The molecule has 1 saturated carbocycles. The van der Waals surface area contributed by atoms with Gasteiger partial charge in [-0.3, -0.25) is 4.79 Å². The fraction of sp³-hybridized carbons (Fsp3) is 0.533. The number of benzene rings is 1. The van der Waals surface area contributed by atoms with E-state index in [2.05, 4.69) is 5.32 Å². The molecule has 5 heteroatoms. The third-order valence-electron chi connectivity index (χ3n) is 3.82. The van der Waals surface area contributed by atoms with E-state index in [1.807, 2.05) is 0 Å². The molecule has 0 unspecified atom stereocenters. The number of nitrogens with two attached hydrogens (primary N) is 1. The summed E-state index contributed by atoms with van der Waals surface area (Å²) in [6, 6.07) is 3.52. The highest BCUT2D eigenvalue weighted by molar-refractivity contribution is 5.76.